The average Bonchev–Trinajstić information content (AvgIpc) is 2.64. The Balaban J connectivity index is 1.32. The number of hydrogen-bond donors (Lipinski definition) is 3. The van der Waals surface area contributed by atoms with Crippen LogP contribution in [0.4, 0.5) is 11.5 Å². The average molecular weight is 380 g/mol. The van der Waals surface area contributed by atoms with Gasteiger partial charge in [-0.15, -0.1) is 0 Å². The fraction of sp³-hybridized carbons (Fsp3) is 0.565. The second kappa shape index (κ2) is 7.03. The number of fused-ring (bicyclic) bond motifs is 1. The summed E-state index contributed by atoms with van der Waals surface area (Å²) in [6.45, 7) is 0.542. The Kier molecular flexibility index (Phi) is 4.50. The number of rotatable bonds is 6. The van der Waals surface area contributed by atoms with Crippen molar-refractivity contribution in [1.29, 1.82) is 0 Å². The van der Waals surface area contributed by atoms with Crippen molar-refractivity contribution in [2.45, 2.75) is 44.9 Å². The molecule has 0 spiro atoms. The van der Waals surface area contributed by atoms with Gasteiger partial charge in [-0.3, -0.25) is 4.79 Å². The number of pyridine rings is 1. The molecule has 1 amide bonds. The topological polar surface area (TPSA) is 74.2 Å². The van der Waals surface area contributed by atoms with Crippen LogP contribution in [0.5, 0.6) is 0 Å². The number of carbonyl (C=O) groups excluding carboxylic acids is 1. The third-order valence-electron chi connectivity index (χ3n) is 7.12. The quantitative estimate of drug-likeness (QED) is 0.704. The Labute approximate surface area is 165 Å². The lowest BCUT2D eigenvalue weighted by Crippen LogP contribution is -2.47. The van der Waals surface area contributed by atoms with Gasteiger partial charge < -0.3 is 15.7 Å². The van der Waals surface area contributed by atoms with E-state index in [-0.39, 0.29) is 17.9 Å². The smallest absolute Gasteiger partial charge is 0.224 e. The van der Waals surface area contributed by atoms with Gasteiger partial charge in [-0.05, 0) is 86.0 Å². The number of nitrogens with zero attached hydrogens (tertiary/aromatic N) is 1. The minimum Gasteiger partial charge on any atom is -0.395 e. The molecular formula is C23H29N3O2. The first-order valence-electron chi connectivity index (χ1n) is 10.7. The monoisotopic (exact) mass is 379 g/mol. The summed E-state index contributed by atoms with van der Waals surface area (Å²) in [6, 6.07) is 9.73. The van der Waals surface area contributed by atoms with Gasteiger partial charge in [0.1, 0.15) is 5.82 Å². The van der Waals surface area contributed by atoms with Crippen molar-refractivity contribution in [2.24, 2.45) is 23.2 Å². The molecule has 4 aliphatic carbocycles. The van der Waals surface area contributed by atoms with Gasteiger partial charge in [-0.2, -0.15) is 0 Å². The Morgan fingerprint density at radius 1 is 1.07 bits per heavy atom. The van der Waals surface area contributed by atoms with Gasteiger partial charge in [0.25, 0.3) is 0 Å². The van der Waals surface area contributed by atoms with E-state index >= 15 is 0 Å². The van der Waals surface area contributed by atoms with Crippen LogP contribution in [0.2, 0.25) is 0 Å². The van der Waals surface area contributed by atoms with E-state index in [0.717, 1.165) is 40.2 Å². The summed E-state index contributed by atoms with van der Waals surface area (Å²) in [4.78, 5) is 17.6. The highest BCUT2D eigenvalue weighted by Crippen LogP contribution is 2.61. The molecule has 6 rings (SSSR count). The van der Waals surface area contributed by atoms with Crippen LogP contribution >= 0.6 is 0 Å². The van der Waals surface area contributed by atoms with Crippen molar-refractivity contribution >= 4 is 28.3 Å². The van der Waals surface area contributed by atoms with Crippen LogP contribution in [0.3, 0.4) is 0 Å². The Hall–Kier alpha value is -2.14. The number of hydrogen-bond acceptors (Lipinski definition) is 4. The Bertz CT molecular complexity index is 859. The molecule has 5 heteroatoms. The summed E-state index contributed by atoms with van der Waals surface area (Å²) in [6.07, 6.45) is 8.64. The minimum atomic E-state index is 0.0696. The lowest BCUT2D eigenvalue weighted by Gasteiger charge is -2.56. The SMILES string of the molecule is O=C(CC12CC3CC(CC(C3)C1)C2)Nc1cccc2nc(NCCO)ccc12. The third kappa shape index (κ3) is 3.37. The van der Waals surface area contributed by atoms with E-state index in [9.17, 15) is 4.79 Å². The minimum absolute atomic E-state index is 0.0696. The highest BCUT2D eigenvalue weighted by atomic mass is 16.3. The lowest BCUT2D eigenvalue weighted by atomic mass is 9.49. The largest absolute Gasteiger partial charge is 0.395 e. The fourth-order valence-electron chi connectivity index (χ4n) is 6.59. The molecule has 0 unspecified atom stereocenters. The van der Waals surface area contributed by atoms with E-state index < -0.39 is 0 Å². The van der Waals surface area contributed by atoms with Crippen LogP contribution < -0.4 is 10.6 Å². The Morgan fingerprint density at radius 2 is 1.79 bits per heavy atom. The standard InChI is InChI=1S/C23H29N3O2/c27-7-6-24-21-5-4-18-19(25-21)2-1-3-20(18)26-22(28)14-23-11-15-8-16(12-23)10-17(9-15)13-23/h1-5,15-17,27H,6-14H2,(H,24,25)(H,26,28). The number of aliphatic hydroxyl groups excluding tert-OH is 1. The van der Waals surface area contributed by atoms with Gasteiger partial charge in [0.05, 0.1) is 17.8 Å². The van der Waals surface area contributed by atoms with Crippen molar-refractivity contribution < 1.29 is 9.90 Å². The summed E-state index contributed by atoms with van der Waals surface area (Å²) in [7, 11) is 0. The summed E-state index contributed by atoms with van der Waals surface area (Å²) < 4.78 is 0. The van der Waals surface area contributed by atoms with E-state index in [1.807, 2.05) is 30.3 Å². The number of benzene rings is 1. The number of carbonyl (C=O) groups is 1. The van der Waals surface area contributed by atoms with E-state index in [1.165, 1.54) is 38.5 Å². The van der Waals surface area contributed by atoms with Gasteiger partial charge >= 0.3 is 0 Å². The second-order valence-electron chi connectivity index (χ2n) is 9.36. The van der Waals surface area contributed by atoms with Crippen molar-refractivity contribution in [1.82, 2.24) is 4.98 Å². The molecule has 1 heterocycles. The molecular weight excluding hydrogens is 350 g/mol. The number of aromatic nitrogens is 1. The van der Waals surface area contributed by atoms with E-state index in [2.05, 4.69) is 15.6 Å². The van der Waals surface area contributed by atoms with Gasteiger partial charge in [-0.25, -0.2) is 4.98 Å². The molecule has 4 aliphatic rings. The van der Waals surface area contributed by atoms with Crippen molar-refractivity contribution in [3.63, 3.8) is 0 Å². The van der Waals surface area contributed by atoms with Crippen LogP contribution in [0, 0.1) is 23.2 Å². The van der Waals surface area contributed by atoms with Crippen LogP contribution in [0.15, 0.2) is 30.3 Å². The number of amides is 1. The van der Waals surface area contributed by atoms with Crippen LogP contribution in [0.1, 0.15) is 44.9 Å². The third-order valence-corrected chi connectivity index (χ3v) is 7.12. The van der Waals surface area contributed by atoms with Crippen molar-refractivity contribution in [3.8, 4) is 0 Å². The molecule has 3 N–H and O–H groups in total. The molecule has 0 aliphatic heterocycles. The molecule has 148 valence electrons. The van der Waals surface area contributed by atoms with E-state index in [0.29, 0.717) is 13.0 Å². The van der Waals surface area contributed by atoms with Crippen LogP contribution in [-0.2, 0) is 4.79 Å². The van der Waals surface area contributed by atoms with E-state index in [4.69, 9.17) is 5.11 Å². The molecule has 4 saturated carbocycles. The molecule has 0 radical (unpaired) electrons. The van der Waals surface area contributed by atoms with Gasteiger partial charge in [-0.1, -0.05) is 6.07 Å². The van der Waals surface area contributed by atoms with Crippen molar-refractivity contribution in [3.05, 3.63) is 30.3 Å². The number of nitrogens with one attached hydrogen (secondary N) is 2. The molecule has 5 nitrogen and oxygen atoms in total. The molecule has 4 bridgehead atoms. The summed E-state index contributed by atoms with van der Waals surface area (Å²) in [5.74, 6) is 3.48. The van der Waals surface area contributed by atoms with Gasteiger partial charge in [0.15, 0.2) is 0 Å². The first-order chi connectivity index (χ1) is 13.6. The maximum absolute atomic E-state index is 13.0. The summed E-state index contributed by atoms with van der Waals surface area (Å²) >= 11 is 0. The molecule has 0 saturated heterocycles. The highest BCUT2D eigenvalue weighted by Gasteiger charge is 2.51. The van der Waals surface area contributed by atoms with Gasteiger partial charge in [0, 0.05) is 18.4 Å². The second-order valence-corrected chi connectivity index (χ2v) is 9.36. The van der Waals surface area contributed by atoms with Crippen LogP contribution in [0.25, 0.3) is 10.9 Å². The predicted molar refractivity (Wildman–Crippen MR) is 111 cm³/mol. The molecule has 28 heavy (non-hydrogen) atoms. The number of anilines is 2. The van der Waals surface area contributed by atoms with Crippen molar-refractivity contribution in [2.75, 3.05) is 23.8 Å². The lowest BCUT2D eigenvalue weighted by molar-refractivity contribution is -0.124. The first kappa shape index (κ1) is 17.9. The van der Waals surface area contributed by atoms with Gasteiger partial charge in [0.2, 0.25) is 5.91 Å². The maximum atomic E-state index is 13.0. The fourth-order valence-corrected chi connectivity index (χ4v) is 6.59. The first-order valence-corrected chi connectivity index (χ1v) is 10.7. The van der Waals surface area contributed by atoms with E-state index in [1.54, 1.807) is 0 Å². The zero-order valence-electron chi connectivity index (χ0n) is 16.3. The summed E-state index contributed by atoms with van der Waals surface area (Å²) in [5.41, 5.74) is 1.94. The Morgan fingerprint density at radius 3 is 2.46 bits per heavy atom. The predicted octanol–water partition coefficient (Wildman–Crippen LogP) is 4.18. The molecule has 4 fully saturated rings. The normalized spacial score (nSPS) is 30.5. The van der Waals surface area contributed by atoms with Crippen LogP contribution in [-0.4, -0.2) is 29.1 Å². The zero-order chi connectivity index (χ0) is 19.1. The molecule has 1 aromatic carbocycles. The molecule has 1 aromatic heterocycles. The molecule has 0 atom stereocenters. The molecule has 2 aromatic rings. The summed E-state index contributed by atoms with van der Waals surface area (Å²) in [5, 5.41) is 16.2. The highest BCUT2D eigenvalue weighted by molar-refractivity contribution is 6.01. The maximum Gasteiger partial charge on any atom is 0.224 e. The zero-order valence-corrected chi connectivity index (χ0v) is 16.3. The number of aliphatic hydroxyl groups is 1.